The summed E-state index contributed by atoms with van der Waals surface area (Å²) >= 11 is 0. The van der Waals surface area contributed by atoms with Crippen LogP contribution in [0.3, 0.4) is 0 Å². The van der Waals surface area contributed by atoms with Gasteiger partial charge in [0.1, 0.15) is 0 Å². The van der Waals surface area contributed by atoms with Crippen LogP contribution in [0.2, 0.25) is 0 Å². The van der Waals surface area contributed by atoms with Gasteiger partial charge in [0.2, 0.25) is 0 Å². The molecule has 0 radical (unpaired) electrons. The Morgan fingerprint density at radius 2 is 0.540 bits per heavy atom. The first kappa shape index (κ1) is 74.8. The number of aromatic nitrogens is 3. The standard InChI is InChI=1S/C118H96BN5/c1-115(2,3)81-52-59-104-97(66-81)98-67-82(116(4,5)6)53-60-105(98)121(104)86-54-56-100-108(72-86)124(114-93(75-37-22-15-23-38-75)70-84(118(10,11)12)71-94(114)76-39-24-16-25-40-76)110-65-80(78-51-57-103-95(62-78)88-44-29-30-47-101(88)120(103)85-41-26-17-27-42-85)64-109-111(110)119(100)99-55-49-79(77-50-58-106-96(61-77)90-46-32-45-89-87-43-28-31-48-102(87)122(106)112(89)90)63-107(99)123(109)113-91(73-33-18-13-19-34-73)68-83(117(7,8)9)69-92(113)74-35-20-14-21-36-74/h13-72H,1-12H3. The van der Waals surface area contributed by atoms with E-state index in [1.165, 1.54) is 115 Å². The molecule has 2 aliphatic heterocycles. The lowest BCUT2D eigenvalue weighted by molar-refractivity contribution is 0.590. The highest BCUT2D eigenvalue weighted by Crippen LogP contribution is 2.57. The minimum atomic E-state index is -0.312. The predicted octanol–water partition coefficient (Wildman–Crippen LogP) is 30.3. The van der Waals surface area contributed by atoms with Gasteiger partial charge in [-0.3, -0.25) is 0 Å². The minimum absolute atomic E-state index is 0.0854. The molecule has 21 aromatic rings. The second kappa shape index (κ2) is 27.7. The maximum absolute atomic E-state index is 2.76. The van der Waals surface area contributed by atoms with Gasteiger partial charge in [0, 0.05) is 99.5 Å². The molecule has 0 saturated carbocycles. The quantitative estimate of drug-likeness (QED) is 0.127. The number of anilines is 6. The van der Waals surface area contributed by atoms with Gasteiger partial charge in [-0.05, 0) is 232 Å². The predicted molar refractivity (Wildman–Crippen MR) is 531 cm³/mol. The number of hydrogen-bond donors (Lipinski definition) is 0. The molecule has 0 N–H and O–H groups in total. The van der Waals surface area contributed by atoms with E-state index < -0.39 is 0 Å². The molecule has 0 aliphatic carbocycles. The van der Waals surface area contributed by atoms with Crippen molar-refractivity contribution >= 4 is 139 Å². The van der Waals surface area contributed by atoms with E-state index in [9.17, 15) is 0 Å². The third-order valence-electron chi connectivity index (χ3n) is 27.1. The van der Waals surface area contributed by atoms with E-state index in [1.54, 1.807) is 0 Å². The fraction of sp³-hybridized carbons (Fsp3) is 0.136. The maximum Gasteiger partial charge on any atom is 0.252 e. The van der Waals surface area contributed by atoms with E-state index in [0.29, 0.717) is 0 Å². The third-order valence-corrected chi connectivity index (χ3v) is 27.1. The van der Waals surface area contributed by atoms with Gasteiger partial charge >= 0.3 is 0 Å². The summed E-state index contributed by atoms with van der Waals surface area (Å²) < 4.78 is 7.53. The van der Waals surface area contributed by atoms with Crippen LogP contribution in [0.25, 0.3) is 160 Å². The average Bonchev–Trinajstić information content (AvgIpc) is 1.07. The van der Waals surface area contributed by atoms with Crippen LogP contribution < -0.4 is 26.2 Å². The Labute approximate surface area is 726 Å². The molecule has 0 spiro atoms. The number of nitrogens with zero attached hydrogens (tertiary/aromatic N) is 5. The van der Waals surface area contributed by atoms with Crippen LogP contribution in [0.15, 0.2) is 364 Å². The van der Waals surface area contributed by atoms with E-state index >= 15 is 0 Å². The fourth-order valence-electron chi connectivity index (χ4n) is 20.8. The first-order valence-corrected chi connectivity index (χ1v) is 44.1. The van der Waals surface area contributed by atoms with Gasteiger partial charge in [0.05, 0.1) is 50.0 Å². The van der Waals surface area contributed by atoms with E-state index in [0.717, 1.165) is 118 Å². The van der Waals surface area contributed by atoms with Crippen LogP contribution in [0, 0.1) is 0 Å². The summed E-state index contributed by atoms with van der Waals surface area (Å²) in [5.74, 6) is 0. The first-order valence-electron chi connectivity index (χ1n) is 44.1. The van der Waals surface area contributed by atoms with Crippen molar-refractivity contribution in [2.24, 2.45) is 0 Å². The van der Waals surface area contributed by atoms with Gasteiger partial charge < -0.3 is 23.3 Å². The highest BCUT2D eigenvalue weighted by atomic mass is 15.2. The topological polar surface area (TPSA) is 20.8 Å². The number of hydrogen-bond acceptors (Lipinski definition) is 2. The molecular weight excluding hydrogens is 1500 g/mol. The van der Waals surface area contributed by atoms with Gasteiger partial charge in [-0.25, -0.2) is 0 Å². The summed E-state index contributed by atoms with van der Waals surface area (Å²) in [5, 5.41) is 9.94. The molecule has 17 aromatic carbocycles. The average molecular weight is 1590 g/mol. The molecular formula is C118H96BN5. The largest absolute Gasteiger partial charge is 0.310 e. The lowest BCUT2D eigenvalue weighted by atomic mass is 9.33. The zero-order valence-electron chi connectivity index (χ0n) is 72.5. The lowest BCUT2D eigenvalue weighted by Crippen LogP contribution is -2.61. The molecule has 124 heavy (non-hydrogen) atoms. The Kier molecular flexibility index (Phi) is 16.7. The molecule has 0 amide bonds. The van der Waals surface area contributed by atoms with Crippen molar-refractivity contribution in [1.82, 2.24) is 13.5 Å². The van der Waals surface area contributed by atoms with Crippen LogP contribution in [-0.2, 0) is 21.7 Å². The Morgan fingerprint density at radius 3 is 1.02 bits per heavy atom. The normalized spacial score (nSPS) is 13.1. The molecule has 0 atom stereocenters. The highest BCUT2D eigenvalue weighted by molar-refractivity contribution is 7.00. The van der Waals surface area contributed by atoms with Crippen LogP contribution in [0.5, 0.6) is 0 Å². The molecule has 0 unspecified atom stereocenters. The molecule has 5 nitrogen and oxygen atoms in total. The smallest absolute Gasteiger partial charge is 0.252 e. The molecule has 0 fully saturated rings. The number of benzene rings is 17. The van der Waals surface area contributed by atoms with Gasteiger partial charge in [0.25, 0.3) is 6.71 Å². The van der Waals surface area contributed by atoms with Gasteiger partial charge in [0.15, 0.2) is 0 Å². The summed E-state index contributed by atoms with van der Waals surface area (Å²) in [6, 6.07) is 140. The Balaban J connectivity index is 0.898. The zero-order valence-corrected chi connectivity index (χ0v) is 72.5. The van der Waals surface area contributed by atoms with Crippen LogP contribution in [-0.4, -0.2) is 20.2 Å². The van der Waals surface area contributed by atoms with Crippen LogP contribution in [0.1, 0.15) is 105 Å². The van der Waals surface area contributed by atoms with Gasteiger partial charge in [-0.15, -0.1) is 0 Å². The summed E-state index contributed by atoms with van der Waals surface area (Å²) in [4.78, 5) is 5.52. The van der Waals surface area contributed by atoms with E-state index in [-0.39, 0.29) is 28.4 Å². The van der Waals surface area contributed by atoms with E-state index in [2.05, 4.69) is 470 Å². The second-order valence-corrected chi connectivity index (χ2v) is 38.9. The fourth-order valence-corrected chi connectivity index (χ4v) is 20.8. The Bertz CT molecular complexity index is 7740. The number of para-hydroxylation sites is 4. The Morgan fingerprint density at radius 1 is 0.210 bits per heavy atom. The van der Waals surface area contributed by atoms with Crippen LogP contribution >= 0.6 is 0 Å². The van der Waals surface area contributed by atoms with Crippen molar-refractivity contribution in [2.75, 3.05) is 9.80 Å². The summed E-state index contributed by atoms with van der Waals surface area (Å²) in [6.45, 7) is 28.0. The summed E-state index contributed by atoms with van der Waals surface area (Å²) in [6.07, 6.45) is 0. The highest BCUT2D eigenvalue weighted by Gasteiger charge is 2.47. The molecule has 6 heterocycles. The Hall–Kier alpha value is -14.2. The van der Waals surface area contributed by atoms with Crippen molar-refractivity contribution in [3.8, 4) is 78.1 Å². The van der Waals surface area contributed by atoms with Crippen LogP contribution in [0.4, 0.5) is 34.1 Å². The molecule has 6 heteroatoms. The monoisotopic (exact) mass is 1590 g/mol. The number of rotatable bonds is 10. The minimum Gasteiger partial charge on any atom is -0.310 e. The second-order valence-electron chi connectivity index (χ2n) is 38.9. The van der Waals surface area contributed by atoms with Crippen molar-refractivity contribution in [2.45, 2.75) is 105 Å². The maximum atomic E-state index is 2.76. The lowest BCUT2D eigenvalue weighted by Gasteiger charge is -2.46. The van der Waals surface area contributed by atoms with Crippen molar-refractivity contribution in [3.63, 3.8) is 0 Å². The zero-order chi connectivity index (χ0) is 84.1. The van der Waals surface area contributed by atoms with Crippen molar-refractivity contribution < 1.29 is 0 Å². The molecule has 2 aliphatic rings. The molecule has 596 valence electrons. The number of fused-ring (bicyclic) bond motifs is 16. The van der Waals surface area contributed by atoms with Gasteiger partial charge in [-0.1, -0.05) is 320 Å². The molecule has 0 saturated heterocycles. The van der Waals surface area contributed by atoms with E-state index in [4.69, 9.17) is 0 Å². The molecule has 23 rings (SSSR count). The van der Waals surface area contributed by atoms with Crippen molar-refractivity contribution in [3.05, 3.63) is 386 Å². The summed E-state index contributed by atoms with van der Waals surface area (Å²) in [7, 11) is 0. The van der Waals surface area contributed by atoms with Crippen molar-refractivity contribution in [1.29, 1.82) is 0 Å². The van der Waals surface area contributed by atoms with Gasteiger partial charge in [-0.2, -0.15) is 0 Å². The van der Waals surface area contributed by atoms with E-state index in [1.807, 2.05) is 0 Å². The third kappa shape index (κ3) is 11.7. The molecule has 0 bridgehead atoms. The molecule has 4 aromatic heterocycles. The SMILES string of the molecule is CC(C)(C)c1cc(-c2ccccc2)c(N2c3cc(-c4ccc5c(c4)c4cccc6c7ccccc7n5c64)ccc3B3c4ccc(-n5c6ccc(C(C)(C)C)cc6c6cc(C(C)(C)C)ccc65)cc4N(c4c(-c5ccccc5)cc(C(C)(C)C)cc4-c4ccccc4)c4cc(-c5ccc6c(c5)c5ccccc5n6-c5ccccc5)cc2c43)c(-c2ccccc2)c1. The first-order chi connectivity index (χ1) is 60.1. The summed E-state index contributed by atoms with van der Waals surface area (Å²) in [5.41, 5.74) is 39.1.